The van der Waals surface area contributed by atoms with E-state index in [0.717, 1.165) is 18.4 Å². The van der Waals surface area contributed by atoms with Crippen molar-refractivity contribution in [2.45, 2.75) is 200 Å². The second-order valence-electron chi connectivity index (χ2n) is 12.7. The third-order valence-corrected chi connectivity index (χ3v) is 9.44. The van der Waals surface area contributed by atoms with Gasteiger partial charge in [0, 0.05) is 5.57 Å². The minimum atomic E-state index is -0.0173. The van der Waals surface area contributed by atoms with Crippen molar-refractivity contribution >= 4 is 5.97 Å². The van der Waals surface area contributed by atoms with Gasteiger partial charge in [-0.25, -0.2) is 4.79 Å². The number of carbonyl (C=O) groups excluding carboxylic acids is 1. The van der Waals surface area contributed by atoms with Crippen molar-refractivity contribution in [1.82, 2.24) is 0 Å². The van der Waals surface area contributed by atoms with Crippen LogP contribution in [-0.4, -0.2) is 12.1 Å². The highest BCUT2D eigenvalue weighted by Crippen LogP contribution is 2.29. The van der Waals surface area contributed by atoms with Crippen LogP contribution in [0.4, 0.5) is 0 Å². The molecule has 216 valence electrons. The van der Waals surface area contributed by atoms with Crippen LogP contribution in [0.1, 0.15) is 194 Å². The van der Waals surface area contributed by atoms with Gasteiger partial charge in [0.1, 0.15) is 6.10 Å². The van der Waals surface area contributed by atoms with Crippen molar-refractivity contribution in [3.05, 3.63) is 11.1 Å². The maximum atomic E-state index is 13.3. The summed E-state index contributed by atoms with van der Waals surface area (Å²) in [6, 6.07) is 0. The Bertz CT molecular complexity index is 560. The molecule has 0 aromatic carbocycles. The summed E-state index contributed by atoms with van der Waals surface area (Å²) < 4.78 is 6.23. The van der Waals surface area contributed by atoms with E-state index in [4.69, 9.17) is 4.74 Å². The fourth-order valence-electron chi connectivity index (χ4n) is 6.61. The molecule has 0 atom stereocenters. The van der Waals surface area contributed by atoms with Crippen LogP contribution in [0.15, 0.2) is 11.1 Å². The van der Waals surface area contributed by atoms with E-state index >= 15 is 0 Å². The van der Waals surface area contributed by atoms with E-state index in [9.17, 15) is 4.79 Å². The predicted octanol–water partition coefficient (Wildman–Crippen LogP) is 11.8. The lowest BCUT2D eigenvalue weighted by Crippen LogP contribution is -2.20. The molecule has 2 saturated carbocycles. The van der Waals surface area contributed by atoms with Crippen LogP contribution in [0.2, 0.25) is 0 Å². The normalized spacial score (nSPS) is 23.9. The predicted molar refractivity (Wildman–Crippen MR) is 161 cm³/mol. The van der Waals surface area contributed by atoms with Crippen LogP contribution in [0.3, 0.4) is 0 Å². The molecule has 2 fully saturated rings. The van der Waals surface area contributed by atoms with E-state index in [1.54, 1.807) is 0 Å². The summed E-state index contributed by atoms with van der Waals surface area (Å²) in [4.78, 5) is 13.3. The maximum absolute atomic E-state index is 13.3. The summed E-state index contributed by atoms with van der Waals surface area (Å²) in [5.74, 6) is 0.543. The molecule has 0 aromatic heterocycles. The second-order valence-corrected chi connectivity index (χ2v) is 12.7. The van der Waals surface area contributed by atoms with Gasteiger partial charge in [0.25, 0.3) is 0 Å². The van der Waals surface area contributed by atoms with E-state index in [-0.39, 0.29) is 12.1 Å². The highest BCUT2D eigenvalue weighted by atomic mass is 16.5. The highest BCUT2D eigenvalue weighted by molar-refractivity contribution is 5.88. The third kappa shape index (κ3) is 16.0. The topological polar surface area (TPSA) is 26.3 Å². The quantitative estimate of drug-likeness (QED) is 0.275. The van der Waals surface area contributed by atoms with Gasteiger partial charge in [-0.15, -0.1) is 0 Å². The monoisotopic (exact) mass is 516 g/mol. The van der Waals surface area contributed by atoms with Crippen LogP contribution in [0.5, 0.6) is 0 Å². The molecule has 0 aliphatic heterocycles. The van der Waals surface area contributed by atoms with Gasteiger partial charge in [0.15, 0.2) is 0 Å². The summed E-state index contributed by atoms with van der Waals surface area (Å²) in [5, 5.41) is 0. The first kappa shape index (κ1) is 32.4. The molecule has 0 aromatic rings. The minimum absolute atomic E-state index is 0.0173. The summed E-state index contributed by atoms with van der Waals surface area (Å²) >= 11 is 0. The number of hydrogen-bond acceptors (Lipinski definition) is 2. The van der Waals surface area contributed by atoms with Gasteiger partial charge >= 0.3 is 5.97 Å². The molecule has 2 nitrogen and oxygen atoms in total. The van der Waals surface area contributed by atoms with Crippen molar-refractivity contribution in [2.24, 2.45) is 5.92 Å². The molecule has 0 heterocycles. The number of rotatable bonds is 3. The molecule has 0 spiro atoms. The van der Waals surface area contributed by atoms with Crippen molar-refractivity contribution in [2.75, 3.05) is 0 Å². The average Bonchev–Trinajstić information content (AvgIpc) is 2.92. The molecule has 0 unspecified atom stereocenters. The summed E-state index contributed by atoms with van der Waals surface area (Å²) in [7, 11) is 0. The Morgan fingerprint density at radius 2 is 0.703 bits per heavy atom. The van der Waals surface area contributed by atoms with E-state index in [1.807, 2.05) is 0 Å². The Hall–Kier alpha value is -0.790. The van der Waals surface area contributed by atoms with Crippen molar-refractivity contribution in [3.8, 4) is 0 Å². The molecular weight excluding hydrogens is 452 g/mol. The molecule has 2 aliphatic carbocycles. The molecule has 2 heteroatoms. The smallest absolute Gasteiger partial charge is 0.333 e. The maximum Gasteiger partial charge on any atom is 0.333 e. The van der Waals surface area contributed by atoms with Gasteiger partial charge in [-0.3, -0.25) is 0 Å². The van der Waals surface area contributed by atoms with Crippen LogP contribution >= 0.6 is 0 Å². The van der Waals surface area contributed by atoms with Gasteiger partial charge in [-0.05, 0) is 58.3 Å². The molecule has 2 rings (SSSR count). The van der Waals surface area contributed by atoms with Crippen LogP contribution in [-0.2, 0) is 9.53 Å². The van der Waals surface area contributed by atoms with Crippen LogP contribution in [0, 0.1) is 5.92 Å². The van der Waals surface area contributed by atoms with Crippen molar-refractivity contribution < 1.29 is 9.53 Å². The number of allylic oxidation sites excluding steroid dienone is 1. The first-order valence-electron chi connectivity index (χ1n) is 17.1. The van der Waals surface area contributed by atoms with Crippen LogP contribution < -0.4 is 0 Å². The van der Waals surface area contributed by atoms with Gasteiger partial charge in [-0.2, -0.15) is 0 Å². The average molecular weight is 517 g/mol. The van der Waals surface area contributed by atoms with E-state index in [0.29, 0.717) is 5.92 Å². The zero-order chi connectivity index (χ0) is 26.4. The van der Waals surface area contributed by atoms with Gasteiger partial charge in [0.2, 0.25) is 0 Å². The van der Waals surface area contributed by atoms with E-state index in [2.05, 4.69) is 13.8 Å². The Morgan fingerprint density at radius 1 is 0.432 bits per heavy atom. The fourth-order valence-corrected chi connectivity index (χ4v) is 6.61. The van der Waals surface area contributed by atoms with Crippen molar-refractivity contribution in [3.63, 3.8) is 0 Å². The molecule has 0 amide bonds. The van der Waals surface area contributed by atoms with Crippen molar-refractivity contribution in [1.29, 1.82) is 0 Å². The molecule has 0 bridgehead atoms. The molecule has 0 radical (unpaired) electrons. The summed E-state index contributed by atoms with van der Waals surface area (Å²) in [6.07, 6.45) is 37.5. The lowest BCUT2D eigenvalue weighted by molar-refractivity contribution is -0.145. The number of hydrogen-bond donors (Lipinski definition) is 0. The summed E-state index contributed by atoms with van der Waals surface area (Å²) in [6.45, 7) is 4.30. The van der Waals surface area contributed by atoms with Gasteiger partial charge < -0.3 is 4.74 Å². The Balaban J connectivity index is 1.92. The molecule has 37 heavy (non-hydrogen) atoms. The summed E-state index contributed by atoms with van der Waals surface area (Å²) in [5.41, 5.74) is 2.24. The zero-order valence-corrected chi connectivity index (χ0v) is 25.3. The van der Waals surface area contributed by atoms with E-state index in [1.165, 1.54) is 173 Å². The van der Waals surface area contributed by atoms with Gasteiger partial charge in [0.05, 0.1) is 0 Å². The fraction of sp³-hybridized carbons (Fsp3) is 0.914. The number of esters is 1. The first-order valence-corrected chi connectivity index (χ1v) is 17.1. The molecular formula is C35H64O2. The Kier molecular flexibility index (Phi) is 19.3. The first-order chi connectivity index (χ1) is 18.2. The highest BCUT2D eigenvalue weighted by Gasteiger charge is 2.21. The largest absolute Gasteiger partial charge is 0.459 e. The second kappa shape index (κ2) is 22.1. The molecule has 0 saturated heterocycles. The molecule has 2 aliphatic rings. The number of ether oxygens (including phenoxy) is 1. The third-order valence-electron chi connectivity index (χ3n) is 9.44. The van der Waals surface area contributed by atoms with Gasteiger partial charge in [-0.1, -0.05) is 147 Å². The SMILES string of the molecule is CC(C(=O)OC1CCCCCCCCCCCCCC1)=C(C)C1CCCCCCCCCCCCCC1. The lowest BCUT2D eigenvalue weighted by Gasteiger charge is -2.22. The Labute approximate surface area is 232 Å². The Morgan fingerprint density at radius 3 is 1.03 bits per heavy atom. The minimum Gasteiger partial charge on any atom is -0.459 e. The standard InChI is InChI=1S/C35H64O2/c1-31(33-27-23-19-15-11-7-3-4-8-12-16-20-24-28-33)32(2)35(36)37-34-29-25-21-17-13-9-5-6-10-14-18-22-26-30-34/h33-34H,3-30H2,1-2H3. The zero-order valence-electron chi connectivity index (χ0n) is 25.3. The molecule has 0 N–H and O–H groups in total. The van der Waals surface area contributed by atoms with E-state index < -0.39 is 0 Å². The lowest BCUT2D eigenvalue weighted by atomic mass is 9.86. The number of carbonyl (C=O) groups is 1. The van der Waals surface area contributed by atoms with Crippen LogP contribution in [0.25, 0.3) is 0 Å².